The number of likely N-dealkylation sites (N-methyl/N-ethyl adjacent to an activating group) is 1. The first-order valence-electron chi connectivity index (χ1n) is 11.0. The molecule has 0 aliphatic carbocycles. The van der Waals surface area contributed by atoms with Crippen molar-refractivity contribution in [2.45, 2.75) is 25.9 Å². The van der Waals surface area contributed by atoms with Crippen LogP contribution in [0.5, 0.6) is 0 Å². The van der Waals surface area contributed by atoms with Crippen LogP contribution in [0.15, 0.2) is 65.7 Å². The molecule has 33 heavy (non-hydrogen) atoms. The van der Waals surface area contributed by atoms with Gasteiger partial charge in [0.05, 0.1) is 35.2 Å². The number of H-pyrrole nitrogens is 2. The molecule has 5 aromatic rings. The third kappa shape index (κ3) is 3.35. The Morgan fingerprint density at radius 3 is 2.61 bits per heavy atom. The number of benzene rings is 2. The van der Waals surface area contributed by atoms with Gasteiger partial charge in [-0.15, -0.1) is 0 Å². The van der Waals surface area contributed by atoms with Crippen LogP contribution in [-0.4, -0.2) is 32.1 Å². The molecule has 0 fully saturated rings. The van der Waals surface area contributed by atoms with Gasteiger partial charge in [-0.25, -0.2) is 4.79 Å². The van der Waals surface area contributed by atoms with Gasteiger partial charge in [0.2, 0.25) is 5.91 Å². The van der Waals surface area contributed by atoms with Crippen molar-refractivity contribution < 1.29 is 4.79 Å². The van der Waals surface area contributed by atoms with Crippen LogP contribution in [0.4, 0.5) is 0 Å². The van der Waals surface area contributed by atoms with E-state index in [-0.39, 0.29) is 24.2 Å². The number of amides is 1. The van der Waals surface area contributed by atoms with Crippen molar-refractivity contribution in [3.05, 3.63) is 77.1 Å². The molecule has 0 aliphatic heterocycles. The van der Waals surface area contributed by atoms with E-state index in [1.165, 1.54) is 0 Å². The third-order valence-corrected chi connectivity index (χ3v) is 6.17. The van der Waals surface area contributed by atoms with E-state index < -0.39 is 0 Å². The molecule has 3 heterocycles. The predicted octanol–water partition coefficient (Wildman–Crippen LogP) is 3.42. The average molecular weight is 443 g/mol. The minimum atomic E-state index is -0.301. The lowest BCUT2D eigenvalue weighted by atomic mass is 10.1. The lowest BCUT2D eigenvalue weighted by Crippen LogP contribution is -2.20. The number of para-hydroxylation sites is 2. The van der Waals surface area contributed by atoms with Gasteiger partial charge < -0.3 is 25.6 Å². The molecule has 8 nitrogen and oxygen atoms in total. The summed E-state index contributed by atoms with van der Waals surface area (Å²) in [6.45, 7) is 2.04. The van der Waals surface area contributed by atoms with E-state index in [0.717, 1.165) is 39.5 Å². The van der Waals surface area contributed by atoms with Crippen LogP contribution in [0.3, 0.4) is 0 Å². The topological polar surface area (TPSA) is 114 Å². The molecule has 5 rings (SSSR count). The van der Waals surface area contributed by atoms with Gasteiger partial charge in [0.15, 0.2) is 0 Å². The number of nitrogens with zero attached hydrogens (tertiary/aromatic N) is 2. The number of carbonyl (C=O) groups is 1. The second-order valence-corrected chi connectivity index (χ2v) is 8.10. The Bertz CT molecular complexity index is 1530. The zero-order valence-corrected chi connectivity index (χ0v) is 18.6. The molecular formula is C25H26N6O2. The summed E-state index contributed by atoms with van der Waals surface area (Å²) in [7, 11) is 1.59. The highest BCUT2D eigenvalue weighted by Crippen LogP contribution is 2.36. The van der Waals surface area contributed by atoms with Crippen LogP contribution in [-0.2, 0) is 11.2 Å². The summed E-state index contributed by atoms with van der Waals surface area (Å²) in [5.74, 6) is -0.183. The Balaban J connectivity index is 1.85. The van der Waals surface area contributed by atoms with Crippen molar-refractivity contribution in [3.63, 3.8) is 0 Å². The fraction of sp³-hybridized carbons (Fsp3) is 0.200. The number of aromatic amines is 2. The van der Waals surface area contributed by atoms with Crippen molar-refractivity contribution in [1.82, 2.24) is 24.4 Å². The molecule has 1 unspecified atom stereocenters. The second kappa shape index (κ2) is 8.14. The second-order valence-electron chi connectivity index (χ2n) is 8.10. The van der Waals surface area contributed by atoms with Crippen molar-refractivity contribution in [3.8, 4) is 16.9 Å². The van der Waals surface area contributed by atoms with Gasteiger partial charge in [-0.1, -0.05) is 43.3 Å². The first-order chi connectivity index (χ1) is 16.0. The van der Waals surface area contributed by atoms with Gasteiger partial charge in [0.1, 0.15) is 0 Å². The maximum atomic E-state index is 13.3. The molecule has 8 heteroatoms. The Morgan fingerprint density at radius 1 is 1.12 bits per heavy atom. The summed E-state index contributed by atoms with van der Waals surface area (Å²) in [6.07, 6.45) is 4.41. The molecule has 2 aromatic carbocycles. The number of carbonyl (C=O) groups excluding carboxylic acids is 1. The Morgan fingerprint density at radius 2 is 1.85 bits per heavy atom. The molecule has 1 amide bonds. The highest BCUT2D eigenvalue weighted by atomic mass is 16.2. The summed E-state index contributed by atoms with van der Waals surface area (Å²) >= 11 is 0. The van der Waals surface area contributed by atoms with E-state index >= 15 is 0 Å². The zero-order chi connectivity index (χ0) is 23.1. The number of aromatic nitrogens is 4. The molecule has 1 atom stereocenters. The number of hydrogen-bond donors (Lipinski definition) is 4. The molecule has 0 aliphatic rings. The molecule has 0 bridgehead atoms. The quantitative estimate of drug-likeness (QED) is 0.323. The van der Waals surface area contributed by atoms with Gasteiger partial charge in [-0.3, -0.25) is 9.36 Å². The van der Waals surface area contributed by atoms with Crippen LogP contribution in [0, 0.1) is 0 Å². The van der Waals surface area contributed by atoms with Gasteiger partial charge in [0.25, 0.3) is 0 Å². The Kier molecular flexibility index (Phi) is 5.14. The summed E-state index contributed by atoms with van der Waals surface area (Å²) in [5, 5.41) is 4.54. The number of nitrogens with two attached hydrogens (primary N) is 1. The van der Waals surface area contributed by atoms with E-state index in [9.17, 15) is 9.59 Å². The molecule has 5 N–H and O–H groups in total. The van der Waals surface area contributed by atoms with Crippen molar-refractivity contribution in [2.75, 3.05) is 7.05 Å². The number of imidazole rings is 1. The number of hydrogen-bond acceptors (Lipinski definition) is 3. The minimum absolute atomic E-state index is 0.0514. The molecule has 0 saturated heterocycles. The lowest BCUT2D eigenvalue weighted by Gasteiger charge is -2.12. The van der Waals surface area contributed by atoms with Gasteiger partial charge in [-0.05, 0) is 18.6 Å². The van der Waals surface area contributed by atoms with Crippen LogP contribution in [0.25, 0.3) is 38.8 Å². The lowest BCUT2D eigenvalue weighted by molar-refractivity contribution is -0.120. The first-order valence-corrected chi connectivity index (χ1v) is 11.0. The normalized spacial score (nSPS) is 12.5. The molecule has 0 saturated carbocycles. The van der Waals surface area contributed by atoms with E-state index in [1.807, 2.05) is 72.4 Å². The summed E-state index contributed by atoms with van der Waals surface area (Å²) in [6, 6.07) is 15.8. The summed E-state index contributed by atoms with van der Waals surface area (Å²) < 4.78 is 3.69. The van der Waals surface area contributed by atoms with E-state index in [0.29, 0.717) is 11.4 Å². The van der Waals surface area contributed by atoms with Crippen LogP contribution in [0.1, 0.15) is 25.2 Å². The van der Waals surface area contributed by atoms with E-state index in [2.05, 4.69) is 15.3 Å². The zero-order valence-electron chi connectivity index (χ0n) is 18.6. The minimum Gasteiger partial charge on any atom is -0.359 e. The highest BCUT2D eigenvalue weighted by Gasteiger charge is 2.24. The number of rotatable bonds is 6. The fourth-order valence-electron chi connectivity index (χ4n) is 4.48. The SMILES string of the molecule is CCC(N)n1cc(-c2c(CC(=O)NC)[nH]c(=O)n2-c2c[nH]c3ccccc23)c2ccccc21. The smallest absolute Gasteiger partial charge is 0.330 e. The van der Waals surface area contributed by atoms with Gasteiger partial charge >= 0.3 is 5.69 Å². The van der Waals surface area contributed by atoms with Crippen LogP contribution in [0.2, 0.25) is 0 Å². The monoisotopic (exact) mass is 442 g/mol. The molecular weight excluding hydrogens is 416 g/mol. The van der Waals surface area contributed by atoms with Crippen LogP contribution >= 0.6 is 0 Å². The Hall–Kier alpha value is -4.04. The summed E-state index contributed by atoms with van der Waals surface area (Å²) in [4.78, 5) is 31.8. The molecule has 0 spiro atoms. The maximum absolute atomic E-state index is 13.3. The van der Waals surface area contributed by atoms with Crippen molar-refractivity contribution in [1.29, 1.82) is 0 Å². The van der Waals surface area contributed by atoms with E-state index in [4.69, 9.17) is 5.73 Å². The Labute approximate surface area is 190 Å². The maximum Gasteiger partial charge on any atom is 0.330 e. The molecule has 168 valence electrons. The van der Waals surface area contributed by atoms with E-state index in [1.54, 1.807) is 11.6 Å². The molecule has 3 aromatic heterocycles. The molecule has 0 radical (unpaired) electrons. The first kappa shape index (κ1) is 20.8. The van der Waals surface area contributed by atoms with Gasteiger partial charge in [-0.2, -0.15) is 0 Å². The third-order valence-electron chi connectivity index (χ3n) is 6.17. The fourth-order valence-corrected chi connectivity index (χ4v) is 4.48. The van der Waals surface area contributed by atoms with Crippen LogP contribution < -0.4 is 16.7 Å². The largest absolute Gasteiger partial charge is 0.359 e. The standard InChI is InChI=1S/C25H26N6O2/c1-3-22(26)30-14-17(15-8-5-7-11-20(15)30)24-19(12-23(32)27-2)29-25(33)31(24)21-13-28-18-10-6-4-9-16(18)21/h4-11,13-14,22,28H,3,12,26H2,1-2H3,(H,27,32)(H,29,33). The van der Waals surface area contributed by atoms with Crippen molar-refractivity contribution >= 4 is 27.7 Å². The summed E-state index contributed by atoms with van der Waals surface area (Å²) in [5.41, 5.74) is 10.8. The predicted molar refractivity (Wildman–Crippen MR) is 130 cm³/mol. The number of nitrogens with one attached hydrogen (secondary N) is 3. The average Bonchev–Trinajstić information content (AvgIpc) is 3.51. The highest BCUT2D eigenvalue weighted by molar-refractivity contribution is 5.98. The van der Waals surface area contributed by atoms with Gasteiger partial charge in [0, 0.05) is 41.3 Å². The van der Waals surface area contributed by atoms with Crippen molar-refractivity contribution in [2.24, 2.45) is 5.73 Å². The number of fused-ring (bicyclic) bond motifs is 2.